The van der Waals surface area contributed by atoms with E-state index in [4.69, 9.17) is 16.3 Å². The molecular weight excluding hydrogens is 289 g/mol. The number of benzene rings is 2. The average Bonchev–Trinajstić information content (AvgIpc) is 2.47. The monoisotopic (exact) mass is 307 g/mol. The summed E-state index contributed by atoms with van der Waals surface area (Å²) in [5, 5.41) is 3.89. The number of rotatable bonds is 6. The van der Waals surface area contributed by atoms with Crippen molar-refractivity contribution in [3.63, 3.8) is 0 Å². The predicted octanol–water partition coefficient (Wildman–Crippen LogP) is 4.73. The Bertz CT molecular complexity index is 603. The highest BCUT2D eigenvalue weighted by Crippen LogP contribution is 2.29. The van der Waals surface area contributed by atoms with Gasteiger partial charge in [-0.1, -0.05) is 48.9 Å². The Balaban J connectivity index is 2.21. The van der Waals surface area contributed by atoms with Crippen LogP contribution in [0.25, 0.3) is 0 Å². The van der Waals surface area contributed by atoms with Gasteiger partial charge in [0.2, 0.25) is 0 Å². The summed E-state index contributed by atoms with van der Waals surface area (Å²) in [5.74, 6) is -0.0739. The van der Waals surface area contributed by atoms with Crippen LogP contribution in [0.3, 0.4) is 0 Å². The number of hydrogen-bond donors (Lipinski definition) is 1. The van der Waals surface area contributed by atoms with Crippen LogP contribution in [-0.2, 0) is 6.61 Å². The zero-order chi connectivity index (χ0) is 15.2. The van der Waals surface area contributed by atoms with E-state index < -0.39 is 0 Å². The van der Waals surface area contributed by atoms with Crippen LogP contribution in [0, 0.1) is 5.82 Å². The highest BCUT2D eigenvalue weighted by atomic mass is 35.5. The summed E-state index contributed by atoms with van der Waals surface area (Å²) >= 11 is 6.10. The third-order valence-electron chi connectivity index (χ3n) is 3.30. The van der Waals surface area contributed by atoms with Crippen LogP contribution in [-0.4, -0.2) is 6.54 Å². The molecule has 0 radical (unpaired) electrons. The smallest absolute Gasteiger partial charge is 0.165 e. The fourth-order valence-electron chi connectivity index (χ4n) is 2.20. The average molecular weight is 308 g/mol. The van der Waals surface area contributed by atoms with E-state index in [9.17, 15) is 4.39 Å². The van der Waals surface area contributed by atoms with Crippen molar-refractivity contribution >= 4 is 11.6 Å². The maximum absolute atomic E-state index is 14.1. The number of halogens is 2. The summed E-state index contributed by atoms with van der Waals surface area (Å²) in [6.45, 7) is 5.05. The molecule has 21 heavy (non-hydrogen) atoms. The number of nitrogens with one attached hydrogen (secondary N) is 1. The third kappa shape index (κ3) is 3.96. The number of ether oxygens (including phenoxy) is 1. The molecule has 4 heteroatoms. The highest BCUT2D eigenvalue weighted by molar-refractivity contribution is 6.31. The maximum atomic E-state index is 14.1. The minimum Gasteiger partial charge on any atom is -0.485 e. The summed E-state index contributed by atoms with van der Waals surface area (Å²) in [5.41, 5.74) is 1.65. The molecule has 0 aliphatic carbocycles. The van der Waals surface area contributed by atoms with Gasteiger partial charge in [-0.2, -0.15) is 0 Å². The summed E-state index contributed by atoms with van der Waals surface area (Å²) in [4.78, 5) is 0. The first-order chi connectivity index (χ1) is 10.1. The second kappa shape index (κ2) is 7.43. The molecule has 0 aliphatic heterocycles. The van der Waals surface area contributed by atoms with Gasteiger partial charge in [0.1, 0.15) is 6.61 Å². The molecular formula is C17H19ClFNO. The first-order valence-corrected chi connectivity index (χ1v) is 7.39. The summed E-state index contributed by atoms with van der Waals surface area (Å²) in [6.07, 6.45) is 0. The summed E-state index contributed by atoms with van der Waals surface area (Å²) in [7, 11) is 0. The molecule has 0 heterocycles. The maximum Gasteiger partial charge on any atom is 0.165 e. The van der Waals surface area contributed by atoms with Gasteiger partial charge in [0.05, 0.1) is 0 Å². The second-order valence-electron chi connectivity index (χ2n) is 4.82. The van der Waals surface area contributed by atoms with Crippen molar-refractivity contribution in [3.8, 4) is 5.75 Å². The Morgan fingerprint density at radius 2 is 1.95 bits per heavy atom. The number of para-hydroxylation sites is 1. The van der Waals surface area contributed by atoms with Gasteiger partial charge in [0, 0.05) is 22.2 Å². The molecule has 0 fully saturated rings. The quantitative estimate of drug-likeness (QED) is 0.833. The topological polar surface area (TPSA) is 21.3 Å². The van der Waals surface area contributed by atoms with E-state index >= 15 is 0 Å². The van der Waals surface area contributed by atoms with Crippen LogP contribution in [0.5, 0.6) is 5.75 Å². The van der Waals surface area contributed by atoms with Crippen molar-refractivity contribution in [2.75, 3.05) is 6.54 Å². The van der Waals surface area contributed by atoms with E-state index in [1.54, 1.807) is 12.1 Å². The minimum absolute atomic E-state index is 0.0203. The molecule has 0 aromatic heterocycles. The fraction of sp³-hybridized carbons (Fsp3) is 0.294. The zero-order valence-electron chi connectivity index (χ0n) is 12.2. The second-order valence-corrected chi connectivity index (χ2v) is 5.22. The lowest BCUT2D eigenvalue weighted by molar-refractivity contribution is 0.284. The first-order valence-electron chi connectivity index (χ1n) is 7.01. The van der Waals surface area contributed by atoms with Gasteiger partial charge in [-0.15, -0.1) is 0 Å². The van der Waals surface area contributed by atoms with E-state index in [-0.39, 0.29) is 24.2 Å². The van der Waals surface area contributed by atoms with E-state index in [1.807, 2.05) is 38.1 Å². The largest absolute Gasteiger partial charge is 0.485 e. The molecule has 2 nitrogen and oxygen atoms in total. The molecule has 1 N–H and O–H groups in total. The van der Waals surface area contributed by atoms with E-state index in [0.29, 0.717) is 5.02 Å². The summed E-state index contributed by atoms with van der Waals surface area (Å²) in [6, 6.07) is 12.4. The van der Waals surface area contributed by atoms with E-state index in [2.05, 4.69) is 5.32 Å². The Kier molecular flexibility index (Phi) is 5.59. The van der Waals surface area contributed by atoms with Crippen molar-refractivity contribution in [1.82, 2.24) is 5.32 Å². The van der Waals surface area contributed by atoms with Crippen LogP contribution in [0.15, 0.2) is 42.5 Å². The minimum atomic E-state index is -0.357. The van der Waals surface area contributed by atoms with Gasteiger partial charge >= 0.3 is 0 Å². The molecule has 1 unspecified atom stereocenters. The van der Waals surface area contributed by atoms with E-state index in [1.165, 1.54) is 6.07 Å². The lowest BCUT2D eigenvalue weighted by atomic mass is 10.1. The van der Waals surface area contributed by atoms with Crippen molar-refractivity contribution in [2.24, 2.45) is 0 Å². The van der Waals surface area contributed by atoms with Gasteiger partial charge in [-0.25, -0.2) is 4.39 Å². The summed E-state index contributed by atoms with van der Waals surface area (Å²) < 4.78 is 19.8. The predicted molar refractivity (Wildman–Crippen MR) is 84.3 cm³/mol. The molecule has 2 aromatic rings. The molecule has 0 bridgehead atoms. The molecule has 0 amide bonds. The van der Waals surface area contributed by atoms with Gasteiger partial charge in [0.25, 0.3) is 0 Å². The fourth-order valence-corrected chi connectivity index (χ4v) is 2.39. The standard InChI is InChI=1S/C17H19ClFNO/c1-3-20-12(2)14-8-6-10-16(19)17(14)21-11-13-7-4-5-9-15(13)18/h4-10,12,20H,3,11H2,1-2H3. The molecule has 2 aromatic carbocycles. The van der Waals surface area contributed by atoms with Crippen LogP contribution >= 0.6 is 11.6 Å². The Labute approximate surface area is 129 Å². The molecule has 0 saturated heterocycles. The molecule has 0 aliphatic rings. The van der Waals surface area contributed by atoms with Gasteiger partial charge in [-0.3, -0.25) is 0 Å². The number of hydrogen-bond acceptors (Lipinski definition) is 2. The normalized spacial score (nSPS) is 12.2. The third-order valence-corrected chi connectivity index (χ3v) is 3.67. The first kappa shape index (κ1) is 15.8. The van der Waals surface area contributed by atoms with Crippen molar-refractivity contribution in [1.29, 1.82) is 0 Å². The molecule has 1 atom stereocenters. The molecule has 0 saturated carbocycles. The van der Waals surface area contributed by atoms with E-state index in [0.717, 1.165) is 17.7 Å². The van der Waals surface area contributed by atoms with Gasteiger partial charge in [-0.05, 0) is 25.6 Å². The lowest BCUT2D eigenvalue weighted by Crippen LogP contribution is -2.19. The Hall–Kier alpha value is -1.58. The van der Waals surface area contributed by atoms with Crippen LogP contribution < -0.4 is 10.1 Å². The SMILES string of the molecule is CCNC(C)c1cccc(F)c1OCc1ccccc1Cl. The van der Waals surface area contributed by atoms with Crippen molar-refractivity contribution in [3.05, 3.63) is 64.4 Å². The molecule has 2 rings (SSSR count). The Morgan fingerprint density at radius 3 is 2.67 bits per heavy atom. The highest BCUT2D eigenvalue weighted by Gasteiger charge is 2.15. The van der Waals surface area contributed by atoms with Gasteiger partial charge in [0.15, 0.2) is 11.6 Å². The van der Waals surface area contributed by atoms with Gasteiger partial charge < -0.3 is 10.1 Å². The van der Waals surface area contributed by atoms with Crippen LogP contribution in [0.2, 0.25) is 5.02 Å². The van der Waals surface area contributed by atoms with Crippen molar-refractivity contribution < 1.29 is 9.13 Å². The molecule has 112 valence electrons. The van der Waals surface area contributed by atoms with Crippen LogP contribution in [0.1, 0.15) is 31.0 Å². The van der Waals surface area contributed by atoms with Crippen LogP contribution in [0.4, 0.5) is 4.39 Å². The zero-order valence-corrected chi connectivity index (χ0v) is 13.0. The molecule has 0 spiro atoms. The Morgan fingerprint density at radius 1 is 1.19 bits per heavy atom. The van der Waals surface area contributed by atoms with Crippen molar-refractivity contribution in [2.45, 2.75) is 26.5 Å². The lowest BCUT2D eigenvalue weighted by Gasteiger charge is -2.18.